The van der Waals surface area contributed by atoms with E-state index in [1.54, 1.807) is 0 Å². The van der Waals surface area contributed by atoms with Gasteiger partial charge in [-0.3, -0.25) is 0 Å². The first kappa shape index (κ1) is 15.1. The van der Waals surface area contributed by atoms with Crippen molar-refractivity contribution in [1.29, 1.82) is 0 Å². The second-order valence-corrected chi connectivity index (χ2v) is 6.64. The maximum Gasteiger partial charge on any atom is -0.0357 e. The molecule has 1 fully saturated rings. The fourth-order valence-corrected chi connectivity index (χ4v) is 3.78. The fraction of sp³-hybridized carbons (Fsp3) is 1.00. The van der Waals surface area contributed by atoms with Crippen LogP contribution in [0.25, 0.3) is 0 Å². The summed E-state index contributed by atoms with van der Waals surface area (Å²) in [5, 5.41) is 0. The number of hydrogen-bond acceptors (Lipinski definition) is 0. The quantitative estimate of drug-likeness (QED) is 0.506. The predicted octanol–water partition coefficient (Wildman–Crippen LogP) is 6.06. The Kier molecular flexibility index (Phi) is 7.23. The van der Waals surface area contributed by atoms with Crippen molar-refractivity contribution in [1.82, 2.24) is 0 Å². The van der Waals surface area contributed by atoms with E-state index in [0.717, 1.165) is 23.7 Å². The van der Waals surface area contributed by atoms with Crippen molar-refractivity contribution in [2.24, 2.45) is 23.7 Å². The molecule has 0 aromatic rings. The normalized spacial score (nSPS) is 29.8. The van der Waals surface area contributed by atoms with E-state index >= 15 is 0 Å². The molecular weight excluding hydrogens is 204 g/mol. The lowest BCUT2D eigenvalue weighted by Gasteiger charge is -2.38. The molecule has 0 amide bonds. The molecule has 17 heavy (non-hydrogen) atoms. The van der Waals surface area contributed by atoms with Gasteiger partial charge < -0.3 is 0 Å². The van der Waals surface area contributed by atoms with E-state index in [1.165, 1.54) is 57.8 Å². The second-order valence-electron chi connectivity index (χ2n) is 6.64. The minimum Gasteiger partial charge on any atom is -0.0654 e. The molecule has 1 aliphatic carbocycles. The largest absolute Gasteiger partial charge is 0.0654 e. The Balaban J connectivity index is 2.51. The summed E-state index contributed by atoms with van der Waals surface area (Å²) in [6.07, 6.45) is 13.3. The molecule has 1 aliphatic rings. The molecule has 3 unspecified atom stereocenters. The van der Waals surface area contributed by atoms with Crippen LogP contribution in [0.15, 0.2) is 0 Å². The van der Waals surface area contributed by atoms with Crippen LogP contribution in [0.1, 0.15) is 85.5 Å². The second kappa shape index (κ2) is 8.16. The molecule has 0 N–H and O–H groups in total. The number of hydrogen-bond donors (Lipinski definition) is 0. The SMILES string of the molecule is CCCCC1CCCC(CC)C1CCC(C)C. The van der Waals surface area contributed by atoms with E-state index in [1.807, 2.05) is 0 Å². The third-order valence-electron chi connectivity index (χ3n) is 4.89. The summed E-state index contributed by atoms with van der Waals surface area (Å²) in [6, 6.07) is 0. The molecule has 0 radical (unpaired) electrons. The van der Waals surface area contributed by atoms with Crippen LogP contribution in [0.4, 0.5) is 0 Å². The van der Waals surface area contributed by atoms with Crippen molar-refractivity contribution in [3.8, 4) is 0 Å². The molecule has 0 aromatic heterocycles. The highest BCUT2D eigenvalue weighted by molar-refractivity contribution is 4.82. The molecule has 0 bridgehead atoms. The standard InChI is InChI=1S/C17H34/c1-5-7-9-16-11-8-10-15(6-2)17(16)13-12-14(3)4/h14-17H,5-13H2,1-4H3. The molecule has 3 atom stereocenters. The summed E-state index contributed by atoms with van der Waals surface area (Å²) in [7, 11) is 0. The van der Waals surface area contributed by atoms with Crippen LogP contribution in [0.3, 0.4) is 0 Å². The van der Waals surface area contributed by atoms with Crippen LogP contribution in [-0.4, -0.2) is 0 Å². The molecular formula is C17H34. The van der Waals surface area contributed by atoms with Gasteiger partial charge in [0.2, 0.25) is 0 Å². The first-order chi connectivity index (χ1) is 8.19. The summed E-state index contributed by atoms with van der Waals surface area (Å²) in [5.74, 6) is 4.06. The molecule has 0 saturated heterocycles. The first-order valence-corrected chi connectivity index (χ1v) is 8.19. The molecule has 0 heteroatoms. The number of rotatable bonds is 7. The van der Waals surface area contributed by atoms with Gasteiger partial charge in [0.1, 0.15) is 0 Å². The van der Waals surface area contributed by atoms with Crippen LogP contribution >= 0.6 is 0 Å². The molecule has 102 valence electrons. The molecule has 0 heterocycles. The highest BCUT2D eigenvalue weighted by Crippen LogP contribution is 2.42. The van der Waals surface area contributed by atoms with Crippen LogP contribution in [0, 0.1) is 23.7 Å². The van der Waals surface area contributed by atoms with Gasteiger partial charge in [0.25, 0.3) is 0 Å². The molecule has 1 rings (SSSR count). The maximum absolute atomic E-state index is 2.41. The van der Waals surface area contributed by atoms with Crippen LogP contribution in [0.2, 0.25) is 0 Å². The monoisotopic (exact) mass is 238 g/mol. The average Bonchev–Trinajstić information content (AvgIpc) is 2.33. The lowest BCUT2D eigenvalue weighted by atomic mass is 9.67. The van der Waals surface area contributed by atoms with Crippen molar-refractivity contribution in [3.05, 3.63) is 0 Å². The zero-order valence-corrected chi connectivity index (χ0v) is 12.7. The van der Waals surface area contributed by atoms with Gasteiger partial charge in [-0.05, 0) is 30.1 Å². The molecule has 0 nitrogen and oxygen atoms in total. The first-order valence-electron chi connectivity index (χ1n) is 8.19. The minimum atomic E-state index is 0.890. The Bertz CT molecular complexity index is 182. The van der Waals surface area contributed by atoms with Crippen molar-refractivity contribution >= 4 is 0 Å². The minimum absolute atomic E-state index is 0.890. The van der Waals surface area contributed by atoms with E-state index in [-0.39, 0.29) is 0 Å². The highest BCUT2D eigenvalue weighted by atomic mass is 14.4. The van der Waals surface area contributed by atoms with Crippen LogP contribution < -0.4 is 0 Å². The average molecular weight is 238 g/mol. The van der Waals surface area contributed by atoms with Gasteiger partial charge >= 0.3 is 0 Å². The van der Waals surface area contributed by atoms with Crippen molar-refractivity contribution in [2.75, 3.05) is 0 Å². The predicted molar refractivity (Wildman–Crippen MR) is 78.2 cm³/mol. The van der Waals surface area contributed by atoms with E-state index < -0.39 is 0 Å². The van der Waals surface area contributed by atoms with Gasteiger partial charge in [0, 0.05) is 0 Å². The Hall–Kier alpha value is 0. The van der Waals surface area contributed by atoms with Gasteiger partial charge in [0.15, 0.2) is 0 Å². The Labute approximate surface area is 110 Å². The van der Waals surface area contributed by atoms with Crippen molar-refractivity contribution < 1.29 is 0 Å². The molecule has 1 saturated carbocycles. The zero-order valence-electron chi connectivity index (χ0n) is 12.7. The Morgan fingerprint density at radius 3 is 2.29 bits per heavy atom. The zero-order chi connectivity index (χ0) is 12.7. The number of unbranched alkanes of at least 4 members (excludes halogenated alkanes) is 1. The van der Waals surface area contributed by atoms with Crippen LogP contribution in [0.5, 0.6) is 0 Å². The van der Waals surface area contributed by atoms with Gasteiger partial charge in [0.05, 0.1) is 0 Å². The lowest BCUT2D eigenvalue weighted by Crippen LogP contribution is -2.28. The van der Waals surface area contributed by atoms with E-state index in [4.69, 9.17) is 0 Å². The molecule has 0 aromatic carbocycles. The van der Waals surface area contributed by atoms with Gasteiger partial charge in [-0.25, -0.2) is 0 Å². The van der Waals surface area contributed by atoms with Gasteiger partial charge in [-0.1, -0.05) is 79.1 Å². The van der Waals surface area contributed by atoms with Crippen LogP contribution in [-0.2, 0) is 0 Å². The fourth-order valence-electron chi connectivity index (χ4n) is 3.78. The summed E-state index contributed by atoms with van der Waals surface area (Å²) in [6.45, 7) is 9.51. The third-order valence-corrected chi connectivity index (χ3v) is 4.89. The summed E-state index contributed by atoms with van der Waals surface area (Å²) >= 11 is 0. The summed E-state index contributed by atoms with van der Waals surface area (Å²) in [4.78, 5) is 0. The van der Waals surface area contributed by atoms with Gasteiger partial charge in [-0.15, -0.1) is 0 Å². The highest BCUT2D eigenvalue weighted by Gasteiger charge is 2.31. The van der Waals surface area contributed by atoms with Crippen molar-refractivity contribution in [3.63, 3.8) is 0 Å². The maximum atomic E-state index is 2.41. The summed E-state index contributed by atoms with van der Waals surface area (Å²) in [5.41, 5.74) is 0. The molecule has 0 spiro atoms. The van der Waals surface area contributed by atoms with Crippen molar-refractivity contribution in [2.45, 2.75) is 85.5 Å². The van der Waals surface area contributed by atoms with E-state index in [0.29, 0.717) is 0 Å². The van der Waals surface area contributed by atoms with E-state index in [9.17, 15) is 0 Å². The van der Waals surface area contributed by atoms with Gasteiger partial charge in [-0.2, -0.15) is 0 Å². The Morgan fingerprint density at radius 1 is 1.00 bits per heavy atom. The molecule has 0 aliphatic heterocycles. The summed E-state index contributed by atoms with van der Waals surface area (Å²) < 4.78 is 0. The third kappa shape index (κ3) is 5.02. The Morgan fingerprint density at radius 2 is 1.71 bits per heavy atom. The van der Waals surface area contributed by atoms with E-state index in [2.05, 4.69) is 27.7 Å². The smallest absolute Gasteiger partial charge is 0.0357 e. The lowest BCUT2D eigenvalue weighted by molar-refractivity contribution is 0.122. The topological polar surface area (TPSA) is 0 Å².